The van der Waals surface area contributed by atoms with Gasteiger partial charge in [-0.15, -0.1) is 0 Å². The second-order valence-corrected chi connectivity index (χ2v) is 6.33. The summed E-state index contributed by atoms with van der Waals surface area (Å²) in [5.74, 6) is -0.357. The van der Waals surface area contributed by atoms with Crippen molar-refractivity contribution in [2.24, 2.45) is 0 Å². The predicted octanol–water partition coefficient (Wildman–Crippen LogP) is 6.68. The standard InChI is InChI=1S/C23H22/c1-2-7-19(8-3-1)22-11-6-12-23(17-22)21-15-13-20(14-16-21)18-9-4-5-10-18/h1-3,6-8,11-18H,4-5,9-10H2/i18D. The molecule has 23 heavy (non-hydrogen) atoms. The fourth-order valence-corrected chi connectivity index (χ4v) is 3.50. The Bertz CT molecular complexity index is 812. The van der Waals surface area contributed by atoms with Crippen LogP contribution in [-0.4, -0.2) is 0 Å². The highest BCUT2D eigenvalue weighted by Gasteiger charge is 2.16. The minimum atomic E-state index is -0.357. The molecule has 1 aliphatic carbocycles. The van der Waals surface area contributed by atoms with Crippen LogP contribution in [0.4, 0.5) is 0 Å². The first-order chi connectivity index (χ1) is 11.7. The SMILES string of the molecule is [2H]C1(c2ccc(-c3cccc(-c4ccccc4)c3)cc2)CCCC1. The van der Waals surface area contributed by atoms with Gasteiger partial charge in [-0.3, -0.25) is 0 Å². The molecule has 0 N–H and O–H groups in total. The molecule has 114 valence electrons. The number of hydrogen-bond acceptors (Lipinski definition) is 0. The number of rotatable bonds is 3. The molecule has 1 aliphatic rings. The van der Waals surface area contributed by atoms with Crippen molar-refractivity contribution in [1.29, 1.82) is 0 Å². The Balaban J connectivity index is 1.65. The van der Waals surface area contributed by atoms with E-state index in [-0.39, 0.29) is 5.89 Å². The summed E-state index contributed by atoms with van der Waals surface area (Å²) in [6.45, 7) is 0. The third-order valence-corrected chi connectivity index (χ3v) is 4.80. The molecule has 0 aromatic heterocycles. The first-order valence-electron chi connectivity index (χ1n) is 9.01. The Kier molecular flexibility index (Phi) is 3.66. The zero-order valence-corrected chi connectivity index (χ0v) is 13.3. The number of hydrogen-bond donors (Lipinski definition) is 0. The third kappa shape index (κ3) is 3.07. The van der Waals surface area contributed by atoms with E-state index in [1.165, 1.54) is 40.7 Å². The van der Waals surface area contributed by atoms with E-state index < -0.39 is 0 Å². The molecule has 0 unspecified atom stereocenters. The summed E-state index contributed by atoms with van der Waals surface area (Å²) >= 11 is 0. The van der Waals surface area contributed by atoms with Crippen LogP contribution >= 0.6 is 0 Å². The van der Waals surface area contributed by atoms with E-state index in [0.717, 1.165) is 12.8 Å². The summed E-state index contributed by atoms with van der Waals surface area (Å²) in [6.07, 6.45) is 4.36. The molecule has 1 fully saturated rings. The normalized spacial score (nSPS) is 17.0. The van der Waals surface area contributed by atoms with Crippen LogP contribution in [0.1, 0.15) is 38.5 Å². The minimum Gasteiger partial charge on any atom is -0.0622 e. The van der Waals surface area contributed by atoms with Gasteiger partial charge in [-0.2, -0.15) is 0 Å². The van der Waals surface area contributed by atoms with E-state index in [0.29, 0.717) is 0 Å². The van der Waals surface area contributed by atoms with Crippen LogP contribution in [0, 0.1) is 0 Å². The van der Waals surface area contributed by atoms with Crippen LogP contribution in [0.5, 0.6) is 0 Å². The Morgan fingerprint density at radius 2 is 1.17 bits per heavy atom. The van der Waals surface area contributed by atoms with Crippen molar-refractivity contribution < 1.29 is 1.37 Å². The highest BCUT2D eigenvalue weighted by Crippen LogP contribution is 2.35. The Morgan fingerprint density at radius 3 is 1.83 bits per heavy atom. The maximum absolute atomic E-state index is 8.64. The molecule has 3 aromatic carbocycles. The van der Waals surface area contributed by atoms with Gasteiger partial charge in [0.25, 0.3) is 0 Å². The second kappa shape index (κ2) is 6.42. The molecule has 0 saturated heterocycles. The van der Waals surface area contributed by atoms with Crippen molar-refractivity contribution in [1.82, 2.24) is 0 Å². The van der Waals surface area contributed by atoms with Gasteiger partial charge < -0.3 is 0 Å². The first-order valence-corrected chi connectivity index (χ1v) is 8.51. The predicted molar refractivity (Wildman–Crippen MR) is 98.5 cm³/mol. The van der Waals surface area contributed by atoms with E-state index in [1.54, 1.807) is 0 Å². The maximum Gasteiger partial charge on any atom is 0.0352 e. The van der Waals surface area contributed by atoms with Crippen molar-refractivity contribution in [3.63, 3.8) is 0 Å². The zero-order valence-electron chi connectivity index (χ0n) is 14.3. The van der Waals surface area contributed by atoms with Gasteiger partial charge in [0.05, 0.1) is 0 Å². The van der Waals surface area contributed by atoms with Crippen LogP contribution in [0.3, 0.4) is 0 Å². The molecule has 0 atom stereocenters. The Morgan fingerprint density at radius 1 is 0.609 bits per heavy atom. The molecule has 0 nitrogen and oxygen atoms in total. The molecule has 0 amide bonds. The van der Waals surface area contributed by atoms with E-state index in [9.17, 15) is 0 Å². The van der Waals surface area contributed by atoms with Gasteiger partial charge in [0.1, 0.15) is 0 Å². The van der Waals surface area contributed by atoms with E-state index in [4.69, 9.17) is 1.37 Å². The van der Waals surface area contributed by atoms with Crippen molar-refractivity contribution in [2.45, 2.75) is 31.6 Å². The Hall–Kier alpha value is -2.34. The zero-order chi connectivity index (χ0) is 16.4. The molecule has 0 heteroatoms. The largest absolute Gasteiger partial charge is 0.0622 e. The highest BCUT2D eigenvalue weighted by molar-refractivity contribution is 5.73. The quantitative estimate of drug-likeness (QED) is 0.506. The third-order valence-electron chi connectivity index (χ3n) is 4.80. The number of benzene rings is 3. The fourth-order valence-electron chi connectivity index (χ4n) is 3.50. The van der Waals surface area contributed by atoms with Crippen molar-refractivity contribution >= 4 is 0 Å². The monoisotopic (exact) mass is 299 g/mol. The summed E-state index contributed by atoms with van der Waals surface area (Å²) in [6, 6.07) is 27.8. The summed E-state index contributed by atoms with van der Waals surface area (Å²) < 4.78 is 8.64. The van der Waals surface area contributed by atoms with Gasteiger partial charge in [-0.25, -0.2) is 0 Å². The van der Waals surface area contributed by atoms with Gasteiger partial charge in [0.15, 0.2) is 0 Å². The topological polar surface area (TPSA) is 0 Å². The minimum absolute atomic E-state index is 0.357. The van der Waals surface area contributed by atoms with Gasteiger partial charge in [-0.05, 0) is 52.6 Å². The lowest BCUT2D eigenvalue weighted by molar-refractivity contribution is 0.723. The maximum atomic E-state index is 8.64. The smallest absolute Gasteiger partial charge is 0.0352 e. The van der Waals surface area contributed by atoms with Crippen LogP contribution in [0.2, 0.25) is 0 Å². The summed E-state index contributed by atoms with van der Waals surface area (Å²) in [4.78, 5) is 0. The lowest BCUT2D eigenvalue weighted by atomic mass is 9.94. The molecule has 1 saturated carbocycles. The van der Waals surface area contributed by atoms with Gasteiger partial charge in [-0.1, -0.05) is 85.6 Å². The van der Waals surface area contributed by atoms with E-state index in [1.807, 2.05) is 6.07 Å². The van der Waals surface area contributed by atoms with Crippen molar-refractivity contribution in [3.05, 3.63) is 84.4 Å². The van der Waals surface area contributed by atoms with Crippen LogP contribution in [0.15, 0.2) is 78.9 Å². The van der Waals surface area contributed by atoms with Crippen LogP contribution in [0.25, 0.3) is 22.3 Å². The lowest BCUT2D eigenvalue weighted by Gasteiger charge is -2.11. The highest BCUT2D eigenvalue weighted by atomic mass is 14.2. The average Bonchev–Trinajstić information content (AvgIpc) is 3.11. The van der Waals surface area contributed by atoms with Gasteiger partial charge in [0.2, 0.25) is 0 Å². The Labute approximate surface area is 140 Å². The average molecular weight is 299 g/mol. The van der Waals surface area contributed by atoms with Crippen molar-refractivity contribution in [2.75, 3.05) is 0 Å². The van der Waals surface area contributed by atoms with Gasteiger partial charge >= 0.3 is 0 Å². The molecular weight excluding hydrogens is 276 g/mol. The molecule has 0 bridgehead atoms. The molecule has 0 spiro atoms. The summed E-state index contributed by atoms with van der Waals surface area (Å²) in [5, 5.41) is 0. The van der Waals surface area contributed by atoms with Crippen LogP contribution in [-0.2, 0) is 0 Å². The lowest BCUT2D eigenvalue weighted by Crippen LogP contribution is -1.91. The second-order valence-electron chi connectivity index (χ2n) is 6.33. The fraction of sp³-hybridized carbons (Fsp3) is 0.217. The van der Waals surface area contributed by atoms with Crippen molar-refractivity contribution in [3.8, 4) is 22.3 Å². The molecular formula is C23H22. The summed E-state index contributed by atoms with van der Waals surface area (Å²) in [7, 11) is 0. The molecule has 0 heterocycles. The van der Waals surface area contributed by atoms with Crippen LogP contribution < -0.4 is 0 Å². The van der Waals surface area contributed by atoms with E-state index in [2.05, 4.69) is 72.8 Å². The molecule has 0 aliphatic heterocycles. The first kappa shape index (κ1) is 13.1. The van der Waals surface area contributed by atoms with E-state index >= 15 is 0 Å². The summed E-state index contributed by atoms with van der Waals surface area (Å²) in [5.41, 5.74) is 6.10. The molecule has 0 radical (unpaired) electrons. The molecule has 3 aromatic rings. The van der Waals surface area contributed by atoms with Gasteiger partial charge in [0, 0.05) is 1.37 Å². The molecule has 4 rings (SSSR count).